The van der Waals surface area contributed by atoms with Gasteiger partial charge in [0.2, 0.25) is 5.91 Å². The number of methoxy groups -OCH3 is 1. The van der Waals surface area contributed by atoms with E-state index in [1.165, 1.54) is 0 Å². The molecule has 6 nitrogen and oxygen atoms in total. The van der Waals surface area contributed by atoms with Crippen LogP contribution < -0.4 is 20.1 Å². The molecule has 0 spiro atoms. The van der Waals surface area contributed by atoms with Crippen LogP contribution in [0.4, 0.5) is 5.69 Å². The van der Waals surface area contributed by atoms with Crippen molar-refractivity contribution < 1.29 is 19.1 Å². The van der Waals surface area contributed by atoms with Gasteiger partial charge >= 0.3 is 0 Å². The topological polar surface area (TPSA) is 76.7 Å². The van der Waals surface area contributed by atoms with E-state index < -0.39 is 0 Å². The molecule has 0 aliphatic carbocycles. The second-order valence-corrected chi connectivity index (χ2v) is 5.74. The number of anilines is 1. The molecule has 1 aliphatic heterocycles. The number of hydrogen-bond donors (Lipinski definition) is 2. The molecular weight excluding hydrogens is 320 g/mol. The van der Waals surface area contributed by atoms with Gasteiger partial charge in [-0.2, -0.15) is 0 Å². The Morgan fingerprint density at radius 1 is 1.20 bits per heavy atom. The average molecular weight is 340 g/mol. The van der Waals surface area contributed by atoms with E-state index in [0.717, 1.165) is 22.6 Å². The summed E-state index contributed by atoms with van der Waals surface area (Å²) in [5.41, 5.74) is 2.73. The molecule has 2 aromatic carbocycles. The van der Waals surface area contributed by atoms with Crippen molar-refractivity contribution in [3.63, 3.8) is 0 Å². The van der Waals surface area contributed by atoms with Crippen LogP contribution in [0.5, 0.6) is 11.5 Å². The molecule has 1 aliphatic rings. The van der Waals surface area contributed by atoms with Gasteiger partial charge in [0, 0.05) is 24.2 Å². The normalized spacial score (nSPS) is 12.8. The number of benzene rings is 2. The van der Waals surface area contributed by atoms with Crippen LogP contribution in [0.1, 0.15) is 17.5 Å². The van der Waals surface area contributed by atoms with E-state index in [1.807, 2.05) is 30.3 Å². The van der Waals surface area contributed by atoms with Crippen molar-refractivity contribution in [3.8, 4) is 11.5 Å². The minimum atomic E-state index is -0.211. The van der Waals surface area contributed by atoms with Crippen LogP contribution in [0, 0.1) is 0 Å². The van der Waals surface area contributed by atoms with Crippen molar-refractivity contribution in [2.24, 2.45) is 0 Å². The molecule has 3 rings (SSSR count). The van der Waals surface area contributed by atoms with Crippen LogP contribution in [0.2, 0.25) is 0 Å². The number of ether oxygens (including phenoxy) is 2. The van der Waals surface area contributed by atoms with Gasteiger partial charge < -0.3 is 20.1 Å². The molecule has 2 amide bonds. The lowest BCUT2D eigenvalue weighted by atomic mass is 10.0. The maximum absolute atomic E-state index is 12.0. The fourth-order valence-electron chi connectivity index (χ4n) is 2.69. The molecule has 0 radical (unpaired) electrons. The van der Waals surface area contributed by atoms with Gasteiger partial charge in [0.15, 0.2) is 6.61 Å². The lowest BCUT2D eigenvalue weighted by Crippen LogP contribution is -2.28. The molecule has 0 aromatic heterocycles. The number of amides is 2. The van der Waals surface area contributed by atoms with Gasteiger partial charge in [-0.05, 0) is 36.2 Å². The van der Waals surface area contributed by atoms with E-state index in [2.05, 4.69) is 10.6 Å². The van der Waals surface area contributed by atoms with Crippen LogP contribution in [-0.4, -0.2) is 25.5 Å². The number of carbonyl (C=O) groups excluding carboxylic acids is 2. The second kappa shape index (κ2) is 7.70. The molecule has 1 heterocycles. The summed E-state index contributed by atoms with van der Waals surface area (Å²) < 4.78 is 10.8. The van der Waals surface area contributed by atoms with Gasteiger partial charge in [-0.25, -0.2) is 0 Å². The molecule has 2 N–H and O–H groups in total. The summed E-state index contributed by atoms with van der Waals surface area (Å²) >= 11 is 0. The van der Waals surface area contributed by atoms with Gasteiger partial charge in [0.05, 0.1) is 7.11 Å². The van der Waals surface area contributed by atoms with E-state index in [4.69, 9.17) is 9.47 Å². The quantitative estimate of drug-likeness (QED) is 0.846. The summed E-state index contributed by atoms with van der Waals surface area (Å²) in [5.74, 6) is 1.16. The van der Waals surface area contributed by atoms with Crippen molar-refractivity contribution in [1.82, 2.24) is 5.32 Å². The van der Waals surface area contributed by atoms with Crippen LogP contribution >= 0.6 is 0 Å². The Labute approximate surface area is 146 Å². The maximum Gasteiger partial charge on any atom is 0.258 e. The number of aryl methyl sites for hydroxylation is 1. The first-order chi connectivity index (χ1) is 12.2. The number of fused-ring (bicyclic) bond motifs is 1. The lowest BCUT2D eigenvalue weighted by Gasteiger charge is -2.17. The summed E-state index contributed by atoms with van der Waals surface area (Å²) in [5, 5.41) is 5.63. The molecule has 130 valence electrons. The third-order valence-electron chi connectivity index (χ3n) is 4.01. The Morgan fingerprint density at radius 3 is 2.88 bits per heavy atom. The van der Waals surface area contributed by atoms with E-state index >= 15 is 0 Å². The number of hydrogen-bond acceptors (Lipinski definition) is 4. The molecule has 25 heavy (non-hydrogen) atoms. The van der Waals surface area contributed by atoms with Gasteiger partial charge in [-0.1, -0.05) is 18.2 Å². The first-order valence-corrected chi connectivity index (χ1v) is 8.10. The SMILES string of the molecule is COc1ccccc1CNC(=O)COc1ccc2c(c1)CCC(=O)N2. The highest BCUT2D eigenvalue weighted by molar-refractivity contribution is 5.94. The van der Waals surface area contributed by atoms with E-state index in [-0.39, 0.29) is 18.4 Å². The second-order valence-electron chi connectivity index (χ2n) is 5.74. The summed E-state index contributed by atoms with van der Waals surface area (Å²) in [6.07, 6.45) is 1.15. The number of nitrogens with one attached hydrogen (secondary N) is 2. The van der Waals surface area contributed by atoms with Crippen molar-refractivity contribution in [2.45, 2.75) is 19.4 Å². The first-order valence-electron chi connectivity index (χ1n) is 8.10. The monoisotopic (exact) mass is 340 g/mol. The Hall–Kier alpha value is -3.02. The smallest absolute Gasteiger partial charge is 0.258 e. The Morgan fingerprint density at radius 2 is 2.04 bits per heavy atom. The van der Waals surface area contributed by atoms with Crippen molar-refractivity contribution in [1.29, 1.82) is 0 Å². The van der Waals surface area contributed by atoms with Crippen molar-refractivity contribution in [3.05, 3.63) is 53.6 Å². The van der Waals surface area contributed by atoms with Gasteiger partial charge in [0.1, 0.15) is 11.5 Å². The zero-order chi connectivity index (χ0) is 17.6. The maximum atomic E-state index is 12.0. The molecule has 0 atom stereocenters. The third-order valence-corrected chi connectivity index (χ3v) is 4.01. The lowest BCUT2D eigenvalue weighted by molar-refractivity contribution is -0.123. The summed E-state index contributed by atoms with van der Waals surface area (Å²) in [6, 6.07) is 12.9. The molecular formula is C19H20N2O4. The fourth-order valence-corrected chi connectivity index (χ4v) is 2.69. The molecule has 0 saturated heterocycles. The average Bonchev–Trinajstić information content (AvgIpc) is 2.64. The zero-order valence-electron chi connectivity index (χ0n) is 14.0. The minimum absolute atomic E-state index is 0.0249. The van der Waals surface area contributed by atoms with Gasteiger partial charge in [0.25, 0.3) is 5.91 Å². The standard InChI is InChI=1S/C19H20N2O4/c1-24-17-5-3-2-4-14(17)11-20-19(23)12-25-15-7-8-16-13(10-15)6-9-18(22)21-16/h2-5,7-8,10H,6,9,11-12H2,1H3,(H,20,23)(H,21,22). The predicted molar refractivity (Wildman–Crippen MR) is 93.7 cm³/mol. The molecule has 0 unspecified atom stereocenters. The Bertz CT molecular complexity index is 789. The number of rotatable bonds is 6. The fraction of sp³-hybridized carbons (Fsp3) is 0.263. The van der Waals surface area contributed by atoms with Crippen LogP contribution in [0.25, 0.3) is 0 Å². The first kappa shape index (κ1) is 16.8. The van der Waals surface area contributed by atoms with Gasteiger partial charge in [-0.15, -0.1) is 0 Å². The number of carbonyl (C=O) groups is 2. The number of para-hydroxylation sites is 1. The summed E-state index contributed by atoms with van der Waals surface area (Å²) in [6.45, 7) is 0.308. The van der Waals surface area contributed by atoms with Crippen molar-refractivity contribution >= 4 is 17.5 Å². The van der Waals surface area contributed by atoms with E-state index in [9.17, 15) is 9.59 Å². The third kappa shape index (κ3) is 4.29. The highest BCUT2D eigenvalue weighted by Gasteiger charge is 2.15. The predicted octanol–water partition coefficient (Wildman–Crippen LogP) is 2.28. The molecule has 0 saturated carbocycles. The van der Waals surface area contributed by atoms with Crippen LogP contribution in [-0.2, 0) is 22.6 Å². The van der Waals surface area contributed by atoms with Crippen LogP contribution in [0.15, 0.2) is 42.5 Å². The molecule has 6 heteroatoms. The molecule has 2 aromatic rings. The van der Waals surface area contributed by atoms with Crippen molar-refractivity contribution in [2.75, 3.05) is 19.0 Å². The van der Waals surface area contributed by atoms with E-state index in [0.29, 0.717) is 25.1 Å². The Balaban J connectivity index is 1.52. The van der Waals surface area contributed by atoms with Crippen LogP contribution in [0.3, 0.4) is 0 Å². The summed E-state index contributed by atoms with van der Waals surface area (Å²) in [7, 11) is 1.60. The largest absolute Gasteiger partial charge is 0.496 e. The van der Waals surface area contributed by atoms with Gasteiger partial charge in [-0.3, -0.25) is 9.59 Å². The highest BCUT2D eigenvalue weighted by Crippen LogP contribution is 2.26. The zero-order valence-corrected chi connectivity index (χ0v) is 14.0. The highest BCUT2D eigenvalue weighted by atomic mass is 16.5. The summed E-state index contributed by atoms with van der Waals surface area (Å²) in [4.78, 5) is 23.3. The Kier molecular flexibility index (Phi) is 5.18. The minimum Gasteiger partial charge on any atom is -0.496 e. The van der Waals surface area contributed by atoms with E-state index in [1.54, 1.807) is 19.2 Å². The molecule has 0 fully saturated rings. The molecule has 0 bridgehead atoms.